The number of carbonyl (C=O) groups is 1. The molecular formula is C12H9BrFNO2S. The minimum absolute atomic E-state index is 0.236. The summed E-state index contributed by atoms with van der Waals surface area (Å²) in [7, 11) is 1.29. The molecule has 0 fully saturated rings. The van der Waals surface area contributed by atoms with Gasteiger partial charge in [-0.15, -0.1) is 11.3 Å². The topological polar surface area (TPSA) is 39.2 Å². The quantitative estimate of drug-likeness (QED) is 0.786. The smallest absolute Gasteiger partial charge is 0.357 e. The highest BCUT2D eigenvalue weighted by Crippen LogP contribution is 2.31. The minimum Gasteiger partial charge on any atom is -0.464 e. The fourth-order valence-corrected chi connectivity index (χ4v) is 2.72. The van der Waals surface area contributed by atoms with Crippen LogP contribution in [-0.4, -0.2) is 18.1 Å². The van der Waals surface area contributed by atoms with Crippen molar-refractivity contribution >= 4 is 33.2 Å². The maximum atomic E-state index is 13.8. The number of rotatable bonds is 2. The number of carbonyl (C=O) groups excluding carboxylic acids is 1. The van der Waals surface area contributed by atoms with Gasteiger partial charge in [0, 0.05) is 14.9 Å². The van der Waals surface area contributed by atoms with Crippen LogP contribution in [0.1, 0.15) is 15.4 Å². The number of nitrogens with zero attached hydrogens (tertiary/aromatic N) is 1. The molecular weight excluding hydrogens is 321 g/mol. The van der Waals surface area contributed by atoms with Crippen LogP contribution in [-0.2, 0) is 4.74 Å². The predicted octanol–water partition coefficient (Wildman–Crippen LogP) is 3.81. The second-order valence-electron chi connectivity index (χ2n) is 3.54. The van der Waals surface area contributed by atoms with E-state index in [4.69, 9.17) is 0 Å². The first kappa shape index (κ1) is 13.2. The second-order valence-corrected chi connectivity index (χ2v) is 5.66. The Hall–Kier alpha value is -1.27. The van der Waals surface area contributed by atoms with Gasteiger partial charge in [0.2, 0.25) is 0 Å². The molecule has 1 aromatic heterocycles. The monoisotopic (exact) mass is 329 g/mol. The Kier molecular flexibility index (Phi) is 3.77. The molecule has 0 saturated carbocycles. The van der Waals surface area contributed by atoms with Crippen LogP contribution in [0.25, 0.3) is 10.6 Å². The maximum absolute atomic E-state index is 13.8. The predicted molar refractivity (Wildman–Crippen MR) is 71.3 cm³/mol. The van der Waals surface area contributed by atoms with Crippen LogP contribution >= 0.6 is 27.3 Å². The van der Waals surface area contributed by atoms with Crippen LogP contribution in [0.3, 0.4) is 0 Å². The molecule has 0 atom stereocenters. The van der Waals surface area contributed by atoms with Gasteiger partial charge in [-0.1, -0.05) is 15.9 Å². The minimum atomic E-state index is -0.507. The standard InChI is InChI=1S/C12H9BrFNO2S/c1-6-10(12(16)17-2)15-11(18-6)8-4-3-7(13)5-9(8)14/h3-5H,1-2H3. The van der Waals surface area contributed by atoms with Crippen molar-refractivity contribution in [1.82, 2.24) is 4.98 Å². The zero-order chi connectivity index (χ0) is 13.3. The number of aromatic nitrogens is 1. The number of ether oxygens (including phenoxy) is 1. The number of methoxy groups -OCH3 is 1. The van der Waals surface area contributed by atoms with Crippen molar-refractivity contribution in [1.29, 1.82) is 0 Å². The lowest BCUT2D eigenvalue weighted by Crippen LogP contribution is -2.03. The summed E-state index contributed by atoms with van der Waals surface area (Å²) in [6.07, 6.45) is 0. The van der Waals surface area contributed by atoms with Gasteiger partial charge in [0.1, 0.15) is 10.8 Å². The molecule has 0 spiro atoms. The van der Waals surface area contributed by atoms with Crippen molar-refractivity contribution in [2.24, 2.45) is 0 Å². The zero-order valence-corrected chi connectivity index (χ0v) is 12.1. The third-order valence-corrected chi connectivity index (χ3v) is 3.83. The maximum Gasteiger partial charge on any atom is 0.357 e. The SMILES string of the molecule is COC(=O)c1nc(-c2ccc(Br)cc2F)sc1C. The molecule has 0 unspecified atom stereocenters. The van der Waals surface area contributed by atoms with Gasteiger partial charge >= 0.3 is 5.97 Å². The van der Waals surface area contributed by atoms with E-state index < -0.39 is 5.97 Å². The number of benzene rings is 1. The van der Waals surface area contributed by atoms with Crippen LogP contribution < -0.4 is 0 Å². The van der Waals surface area contributed by atoms with Crippen LogP contribution in [0, 0.1) is 12.7 Å². The van der Waals surface area contributed by atoms with E-state index in [1.807, 2.05) is 0 Å². The molecule has 2 aromatic rings. The molecule has 3 nitrogen and oxygen atoms in total. The van der Waals surface area contributed by atoms with Gasteiger partial charge < -0.3 is 4.74 Å². The van der Waals surface area contributed by atoms with Crippen LogP contribution in [0.15, 0.2) is 22.7 Å². The molecule has 0 bridgehead atoms. The van der Waals surface area contributed by atoms with Crippen molar-refractivity contribution in [2.45, 2.75) is 6.92 Å². The Balaban J connectivity index is 2.49. The van der Waals surface area contributed by atoms with Gasteiger partial charge in [-0.05, 0) is 25.1 Å². The molecule has 0 aliphatic carbocycles. The molecule has 18 heavy (non-hydrogen) atoms. The molecule has 0 amide bonds. The van der Waals surface area contributed by atoms with Gasteiger partial charge in [-0.2, -0.15) is 0 Å². The first-order valence-corrected chi connectivity index (χ1v) is 6.65. The normalized spacial score (nSPS) is 10.4. The van der Waals surface area contributed by atoms with E-state index in [1.165, 1.54) is 24.5 Å². The highest BCUT2D eigenvalue weighted by molar-refractivity contribution is 9.10. The lowest BCUT2D eigenvalue weighted by Gasteiger charge is -1.99. The lowest BCUT2D eigenvalue weighted by molar-refractivity contribution is 0.0594. The number of hydrogen-bond acceptors (Lipinski definition) is 4. The third-order valence-electron chi connectivity index (χ3n) is 2.34. The van der Waals surface area contributed by atoms with Crippen LogP contribution in [0.4, 0.5) is 4.39 Å². The average molecular weight is 330 g/mol. The van der Waals surface area contributed by atoms with E-state index in [1.54, 1.807) is 19.1 Å². The number of thiazole rings is 1. The van der Waals surface area contributed by atoms with Crippen molar-refractivity contribution in [2.75, 3.05) is 7.11 Å². The Morgan fingerprint density at radius 1 is 1.50 bits per heavy atom. The van der Waals surface area contributed by atoms with Gasteiger partial charge in [-0.3, -0.25) is 0 Å². The van der Waals surface area contributed by atoms with Crippen LogP contribution in [0.2, 0.25) is 0 Å². The summed E-state index contributed by atoms with van der Waals surface area (Å²) < 4.78 is 19.1. The van der Waals surface area contributed by atoms with Crippen LogP contribution in [0.5, 0.6) is 0 Å². The average Bonchev–Trinajstić information content (AvgIpc) is 2.70. The number of hydrogen-bond donors (Lipinski definition) is 0. The van der Waals surface area contributed by atoms with E-state index in [0.29, 0.717) is 19.9 Å². The Morgan fingerprint density at radius 3 is 2.83 bits per heavy atom. The summed E-state index contributed by atoms with van der Waals surface area (Å²) in [5.74, 6) is -0.887. The summed E-state index contributed by atoms with van der Waals surface area (Å²) in [6.45, 7) is 1.75. The van der Waals surface area contributed by atoms with E-state index >= 15 is 0 Å². The lowest BCUT2D eigenvalue weighted by atomic mass is 10.2. The Morgan fingerprint density at radius 2 is 2.22 bits per heavy atom. The first-order chi connectivity index (χ1) is 8.52. The van der Waals surface area contributed by atoms with E-state index in [2.05, 4.69) is 25.7 Å². The molecule has 2 rings (SSSR count). The molecule has 0 N–H and O–H groups in total. The van der Waals surface area contributed by atoms with Gasteiger partial charge in [-0.25, -0.2) is 14.2 Å². The summed E-state index contributed by atoms with van der Waals surface area (Å²) in [5, 5.41) is 0.470. The fourth-order valence-electron chi connectivity index (χ4n) is 1.46. The largest absolute Gasteiger partial charge is 0.464 e. The number of esters is 1. The summed E-state index contributed by atoms with van der Waals surface area (Å²) in [6, 6.07) is 4.72. The van der Waals surface area contributed by atoms with Crippen molar-refractivity contribution in [3.05, 3.63) is 39.1 Å². The second kappa shape index (κ2) is 5.16. The first-order valence-electron chi connectivity index (χ1n) is 5.04. The van der Waals surface area contributed by atoms with E-state index in [9.17, 15) is 9.18 Å². The molecule has 0 radical (unpaired) electrons. The molecule has 1 heterocycles. The molecule has 0 aliphatic heterocycles. The fraction of sp³-hybridized carbons (Fsp3) is 0.167. The molecule has 6 heteroatoms. The number of aryl methyl sites for hydroxylation is 1. The summed E-state index contributed by atoms with van der Waals surface area (Å²) >= 11 is 4.46. The summed E-state index contributed by atoms with van der Waals surface area (Å²) in [5.41, 5.74) is 0.612. The molecule has 1 aromatic carbocycles. The Bertz CT molecular complexity index is 612. The van der Waals surface area contributed by atoms with Gasteiger partial charge in [0.05, 0.1) is 7.11 Å². The zero-order valence-electron chi connectivity index (χ0n) is 9.66. The highest BCUT2D eigenvalue weighted by Gasteiger charge is 2.18. The van der Waals surface area contributed by atoms with Gasteiger partial charge in [0.25, 0.3) is 0 Å². The molecule has 94 valence electrons. The van der Waals surface area contributed by atoms with Crippen molar-refractivity contribution < 1.29 is 13.9 Å². The molecule has 0 saturated heterocycles. The van der Waals surface area contributed by atoms with E-state index in [-0.39, 0.29) is 11.5 Å². The Labute approximate surface area is 116 Å². The highest BCUT2D eigenvalue weighted by atomic mass is 79.9. The molecule has 0 aliphatic rings. The van der Waals surface area contributed by atoms with Crippen molar-refractivity contribution in [3.8, 4) is 10.6 Å². The van der Waals surface area contributed by atoms with Gasteiger partial charge in [0.15, 0.2) is 5.69 Å². The van der Waals surface area contributed by atoms with Crippen molar-refractivity contribution in [3.63, 3.8) is 0 Å². The van der Waals surface area contributed by atoms with E-state index in [0.717, 1.165) is 0 Å². The number of halogens is 2. The third kappa shape index (κ3) is 2.44. The summed E-state index contributed by atoms with van der Waals surface area (Å²) in [4.78, 5) is 16.3.